The summed E-state index contributed by atoms with van der Waals surface area (Å²) in [5, 5.41) is 0. The lowest BCUT2D eigenvalue weighted by atomic mass is 10.2. The van der Waals surface area contributed by atoms with Crippen molar-refractivity contribution in [3.05, 3.63) is 76.2 Å². The maximum atomic E-state index is 12.6. The monoisotopic (exact) mass is 321 g/mol. The molecule has 0 N–H and O–H groups in total. The van der Waals surface area contributed by atoms with Crippen LogP contribution >= 0.6 is 0 Å². The predicted molar refractivity (Wildman–Crippen MR) is 92.7 cm³/mol. The lowest BCUT2D eigenvalue weighted by Crippen LogP contribution is -2.30. The van der Waals surface area contributed by atoms with E-state index < -0.39 is 0 Å². The molecule has 0 spiro atoms. The first-order chi connectivity index (χ1) is 11.7. The van der Waals surface area contributed by atoms with Crippen molar-refractivity contribution in [2.75, 3.05) is 11.4 Å². The van der Waals surface area contributed by atoms with Gasteiger partial charge in [-0.2, -0.15) is 4.98 Å². The van der Waals surface area contributed by atoms with Crippen LogP contribution in [0.5, 0.6) is 0 Å². The smallest absolute Gasteiger partial charge is 0.354 e. The molecule has 1 aliphatic heterocycles. The maximum absolute atomic E-state index is 12.6. The molecule has 3 heterocycles. The van der Waals surface area contributed by atoms with Crippen LogP contribution in [-0.4, -0.2) is 16.1 Å². The Hall–Kier alpha value is -2.82. The van der Waals surface area contributed by atoms with Gasteiger partial charge in [0, 0.05) is 36.8 Å². The number of para-hydroxylation sites is 1. The fraction of sp³-hybridized carbons (Fsp3) is 0.263. The van der Waals surface area contributed by atoms with Crippen molar-refractivity contribution in [3.63, 3.8) is 0 Å². The van der Waals surface area contributed by atoms with E-state index in [2.05, 4.69) is 9.88 Å². The minimum Gasteiger partial charge on any atom is -0.469 e. The zero-order valence-electron chi connectivity index (χ0n) is 13.6. The van der Waals surface area contributed by atoms with E-state index in [1.165, 1.54) is 5.56 Å². The lowest BCUT2D eigenvalue weighted by molar-refractivity contribution is 0.504. The van der Waals surface area contributed by atoms with Gasteiger partial charge in [0.25, 0.3) is 0 Å². The summed E-state index contributed by atoms with van der Waals surface area (Å²) >= 11 is 0. The van der Waals surface area contributed by atoms with Gasteiger partial charge in [-0.15, -0.1) is 0 Å². The number of aromatic nitrogens is 2. The first-order valence-electron chi connectivity index (χ1n) is 8.19. The summed E-state index contributed by atoms with van der Waals surface area (Å²) < 4.78 is 7.18. The fourth-order valence-electron chi connectivity index (χ4n) is 3.27. The van der Waals surface area contributed by atoms with Gasteiger partial charge in [0.1, 0.15) is 11.6 Å². The van der Waals surface area contributed by atoms with Crippen molar-refractivity contribution in [2.45, 2.75) is 26.3 Å². The van der Waals surface area contributed by atoms with Crippen LogP contribution in [0.15, 0.2) is 57.9 Å². The van der Waals surface area contributed by atoms with E-state index in [4.69, 9.17) is 4.42 Å². The molecule has 0 fully saturated rings. The standard InChI is InChI=1S/C19H19N3O2/c1-14-12-18(20-19(23)22(14)16-6-3-2-4-7-16)21-10-5-8-17-15(13-21)9-11-24-17/h2-4,6-7,9,11-12H,5,8,10,13H2,1H3. The molecule has 5 heteroatoms. The highest BCUT2D eigenvalue weighted by molar-refractivity contribution is 5.44. The Labute approximate surface area is 140 Å². The molecule has 4 rings (SSSR count). The molecule has 0 unspecified atom stereocenters. The second kappa shape index (κ2) is 6.00. The summed E-state index contributed by atoms with van der Waals surface area (Å²) in [4.78, 5) is 19.1. The minimum absolute atomic E-state index is 0.243. The molecule has 5 nitrogen and oxygen atoms in total. The molecule has 24 heavy (non-hydrogen) atoms. The van der Waals surface area contributed by atoms with Crippen molar-refractivity contribution in [3.8, 4) is 5.69 Å². The number of hydrogen-bond acceptors (Lipinski definition) is 4. The summed E-state index contributed by atoms with van der Waals surface area (Å²) in [5.41, 5.74) is 2.66. The zero-order valence-corrected chi connectivity index (χ0v) is 13.6. The number of aryl methyl sites for hydroxylation is 2. The third kappa shape index (κ3) is 2.62. The molecular weight excluding hydrogens is 302 g/mol. The van der Waals surface area contributed by atoms with E-state index in [0.717, 1.165) is 48.9 Å². The van der Waals surface area contributed by atoms with Crippen LogP contribution in [0.1, 0.15) is 23.4 Å². The molecule has 2 aromatic heterocycles. The molecule has 0 atom stereocenters. The predicted octanol–water partition coefficient (Wildman–Crippen LogP) is 3.09. The Bertz CT molecular complexity index is 912. The molecule has 1 aromatic carbocycles. The molecule has 0 radical (unpaired) electrons. The average molecular weight is 321 g/mol. The van der Waals surface area contributed by atoms with Crippen LogP contribution in [0.4, 0.5) is 5.82 Å². The van der Waals surface area contributed by atoms with E-state index in [1.807, 2.05) is 49.4 Å². The molecule has 122 valence electrons. The van der Waals surface area contributed by atoms with Crippen molar-refractivity contribution in [2.24, 2.45) is 0 Å². The molecule has 0 aliphatic carbocycles. The van der Waals surface area contributed by atoms with Gasteiger partial charge < -0.3 is 9.32 Å². The Balaban J connectivity index is 1.72. The second-order valence-corrected chi connectivity index (χ2v) is 6.10. The fourth-order valence-corrected chi connectivity index (χ4v) is 3.27. The van der Waals surface area contributed by atoms with Gasteiger partial charge >= 0.3 is 5.69 Å². The molecule has 0 amide bonds. The topological polar surface area (TPSA) is 51.3 Å². The number of benzene rings is 1. The van der Waals surface area contributed by atoms with E-state index in [0.29, 0.717) is 0 Å². The van der Waals surface area contributed by atoms with Crippen molar-refractivity contribution in [1.82, 2.24) is 9.55 Å². The van der Waals surface area contributed by atoms with E-state index >= 15 is 0 Å². The Morgan fingerprint density at radius 3 is 2.79 bits per heavy atom. The number of furan rings is 1. The Morgan fingerprint density at radius 1 is 1.17 bits per heavy atom. The summed E-state index contributed by atoms with van der Waals surface area (Å²) in [5.74, 6) is 1.78. The number of nitrogens with zero attached hydrogens (tertiary/aromatic N) is 3. The Morgan fingerprint density at radius 2 is 2.00 bits per heavy atom. The molecule has 1 aliphatic rings. The largest absolute Gasteiger partial charge is 0.469 e. The normalized spacial score (nSPS) is 14.3. The van der Waals surface area contributed by atoms with Crippen LogP contribution in [0.3, 0.4) is 0 Å². The van der Waals surface area contributed by atoms with Crippen molar-refractivity contribution >= 4 is 5.82 Å². The van der Waals surface area contributed by atoms with E-state index in [-0.39, 0.29) is 5.69 Å². The average Bonchev–Trinajstić information content (AvgIpc) is 2.92. The third-order valence-electron chi connectivity index (χ3n) is 4.46. The highest BCUT2D eigenvalue weighted by Crippen LogP contribution is 2.23. The number of rotatable bonds is 2. The first kappa shape index (κ1) is 14.8. The van der Waals surface area contributed by atoms with Gasteiger partial charge in [0.15, 0.2) is 0 Å². The van der Waals surface area contributed by atoms with Gasteiger partial charge in [0.05, 0.1) is 12.0 Å². The van der Waals surface area contributed by atoms with Crippen molar-refractivity contribution in [1.29, 1.82) is 0 Å². The maximum Gasteiger partial charge on any atom is 0.354 e. The highest BCUT2D eigenvalue weighted by atomic mass is 16.3. The first-order valence-corrected chi connectivity index (χ1v) is 8.19. The minimum atomic E-state index is -0.243. The van der Waals surface area contributed by atoms with Gasteiger partial charge in [-0.25, -0.2) is 4.79 Å². The van der Waals surface area contributed by atoms with Crippen LogP contribution in [0.25, 0.3) is 5.69 Å². The van der Waals surface area contributed by atoms with E-state index in [9.17, 15) is 4.79 Å². The molecule has 3 aromatic rings. The highest BCUT2D eigenvalue weighted by Gasteiger charge is 2.19. The summed E-state index contributed by atoms with van der Waals surface area (Å²) in [7, 11) is 0. The van der Waals surface area contributed by atoms with Crippen LogP contribution in [0.2, 0.25) is 0 Å². The van der Waals surface area contributed by atoms with Gasteiger partial charge in [-0.05, 0) is 31.5 Å². The number of anilines is 1. The summed E-state index contributed by atoms with van der Waals surface area (Å²) in [6, 6.07) is 13.6. The van der Waals surface area contributed by atoms with Gasteiger partial charge in [-0.3, -0.25) is 4.57 Å². The summed E-state index contributed by atoms with van der Waals surface area (Å²) in [6.07, 6.45) is 3.65. The van der Waals surface area contributed by atoms with Crippen LogP contribution in [0, 0.1) is 6.92 Å². The number of fused-ring (bicyclic) bond motifs is 1. The van der Waals surface area contributed by atoms with Crippen LogP contribution < -0.4 is 10.6 Å². The molecular formula is C19H19N3O2. The van der Waals surface area contributed by atoms with Crippen molar-refractivity contribution < 1.29 is 4.42 Å². The third-order valence-corrected chi connectivity index (χ3v) is 4.46. The quantitative estimate of drug-likeness (QED) is 0.728. The van der Waals surface area contributed by atoms with E-state index in [1.54, 1.807) is 10.8 Å². The zero-order chi connectivity index (χ0) is 16.5. The lowest BCUT2D eigenvalue weighted by Gasteiger charge is -2.22. The molecule has 0 saturated carbocycles. The second-order valence-electron chi connectivity index (χ2n) is 6.10. The van der Waals surface area contributed by atoms with Crippen LogP contribution in [-0.2, 0) is 13.0 Å². The van der Waals surface area contributed by atoms with Gasteiger partial charge in [0.2, 0.25) is 0 Å². The summed E-state index contributed by atoms with van der Waals surface area (Å²) in [6.45, 7) is 3.54. The molecule has 0 bridgehead atoms. The Kier molecular flexibility index (Phi) is 3.69. The number of hydrogen-bond donors (Lipinski definition) is 0. The van der Waals surface area contributed by atoms with Gasteiger partial charge in [-0.1, -0.05) is 18.2 Å². The molecule has 0 saturated heterocycles. The SMILES string of the molecule is Cc1cc(N2CCCc3occc3C2)nc(=O)n1-c1ccccc1.